The molecular formula is C12H15FO2. The summed E-state index contributed by atoms with van der Waals surface area (Å²) in [5, 5.41) is 0. The number of carbonyl (C=O) groups is 1. The molecule has 0 saturated carbocycles. The summed E-state index contributed by atoms with van der Waals surface area (Å²) in [5.74, 6) is -0.395. The molecule has 2 nitrogen and oxygen atoms in total. The van der Waals surface area contributed by atoms with E-state index >= 15 is 0 Å². The lowest BCUT2D eigenvalue weighted by atomic mass is 10.1. The summed E-state index contributed by atoms with van der Waals surface area (Å²) < 4.78 is 17.8. The van der Waals surface area contributed by atoms with Crippen LogP contribution in [0.25, 0.3) is 0 Å². The molecule has 0 fully saturated rings. The molecule has 0 spiro atoms. The minimum absolute atomic E-state index is 0.263. The summed E-state index contributed by atoms with van der Waals surface area (Å²) in [7, 11) is 0. The van der Waals surface area contributed by atoms with Crippen molar-refractivity contribution >= 4 is 5.97 Å². The van der Waals surface area contributed by atoms with Crippen LogP contribution in [-0.4, -0.2) is 12.6 Å². The maximum atomic E-state index is 12.8. The molecule has 0 saturated heterocycles. The van der Waals surface area contributed by atoms with E-state index in [9.17, 15) is 9.18 Å². The molecule has 1 aromatic rings. The fourth-order valence-electron chi connectivity index (χ4n) is 1.09. The van der Waals surface area contributed by atoms with Gasteiger partial charge in [-0.15, -0.1) is 0 Å². The third kappa shape index (κ3) is 4.11. The van der Waals surface area contributed by atoms with Crippen molar-refractivity contribution < 1.29 is 13.9 Å². The molecule has 15 heavy (non-hydrogen) atoms. The van der Waals surface area contributed by atoms with Crippen LogP contribution in [0.2, 0.25) is 0 Å². The standard InChI is InChI=1S/C12H15FO2/c1-9(2)6-7-15-12(14)10-4-3-5-11(13)8-10/h3-5,8-9H,6-7H2,1-2H3. The van der Waals surface area contributed by atoms with Crippen LogP contribution in [-0.2, 0) is 4.74 Å². The van der Waals surface area contributed by atoms with E-state index in [2.05, 4.69) is 13.8 Å². The monoisotopic (exact) mass is 210 g/mol. The molecule has 0 amide bonds. The van der Waals surface area contributed by atoms with Crippen LogP contribution < -0.4 is 0 Å². The molecule has 0 unspecified atom stereocenters. The van der Waals surface area contributed by atoms with E-state index in [4.69, 9.17) is 4.74 Å². The van der Waals surface area contributed by atoms with Crippen LogP contribution in [0.4, 0.5) is 4.39 Å². The molecule has 1 aromatic carbocycles. The van der Waals surface area contributed by atoms with Crippen molar-refractivity contribution in [1.82, 2.24) is 0 Å². The molecule has 82 valence electrons. The van der Waals surface area contributed by atoms with Crippen LogP contribution >= 0.6 is 0 Å². The smallest absolute Gasteiger partial charge is 0.338 e. The van der Waals surface area contributed by atoms with Gasteiger partial charge in [-0.3, -0.25) is 0 Å². The number of benzene rings is 1. The first-order valence-electron chi connectivity index (χ1n) is 5.02. The van der Waals surface area contributed by atoms with Gasteiger partial charge in [0, 0.05) is 0 Å². The van der Waals surface area contributed by atoms with Gasteiger partial charge >= 0.3 is 5.97 Å². The van der Waals surface area contributed by atoms with Crippen molar-refractivity contribution in [2.75, 3.05) is 6.61 Å². The first-order chi connectivity index (χ1) is 7.09. The second kappa shape index (κ2) is 5.49. The van der Waals surface area contributed by atoms with Crippen molar-refractivity contribution in [1.29, 1.82) is 0 Å². The Kier molecular flexibility index (Phi) is 4.28. The van der Waals surface area contributed by atoms with Crippen LogP contribution in [0.15, 0.2) is 24.3 Å². The van der Waals surface area contributed by atoms with Gasteiger partial charge in [0.2, 0.25) is 0 Å². The summed E-state index contributed by atoms with van der Waals surface area (Å²) >= 11 is 0. The maximum Gasteiger partial charge on any atom is 0.338 e. The number of esters is 1. The van der Waals surface area contributed by atoms with Gasteiger partial charge in [-0.1, -0.05) is 19.9 Å². The molecule has 1 rings (SSSR count). The average molecular weight is 210 g/mol. The van der Waals surface area contributed by atoms with E-state index in [0.717, 1.165) is 6.42 Å². The molecule has 3 heteroatoms. The van der Waals surface area contributed by atoms with Gasteiger partial charge < -0.3 is 4.74 Å². The fraction of sp³-hybridized carbons (Fsp3) is 0.417. The highest BCUT2D eigenvalue weighted by atomic mass is 19.1. The average Bonchev–Trinajstić information content (AvgIpc) is 2.17. The molecule has 0 aromatic heterocycles. The van der Waals surface area contributed by atoms with E-state index in [0.29, 0.717) is 12.5 Å². The molecule has 0 aliphatic rings. The molecule has 0 atom stereocenters. The number of halogens is 1. The molecule has 0 N–H and O–H groups in total. The summed E-state index contributed by atoms with van der Waals surface area (Å²) in [5.41, 5.74) is 0.263. The number of ether oxygens (including phenoxy) is 1. The highest BCUT2D eigenvalue weighted by Gasteiger charge is 2.07. The minimum Gasteiger partial charge on any atom is -0.462 e. The minimum atomic E-state index is -0.463. The summed E-state index contributed by atoms with van der Waals surface area (Å²) in [4.78, 5) is 11.4. The lowest BCUT2D eigenvalue weighted by Crippen LogP contribution is -2.08. The maximum absolute atomic E-state index is 12.8. The molecular weight excluding hydrogens is 195 g/mol. The third-order valence-corrected chi connectivity index (χ3v) is 1.99. The third-order valence-electron chi connectivity index (χ3n) is 1.99. The molecule has 0 heterocycles. The quantitative estimate of drug-likeness (QED) is 0.714. The zero-order valence-electron chi connectivity index (χ0n) is 9.00. The van der Waals surface area contributed by atoms with Crippen molar-refractivity contribution in [2.45, 2.75) is 20.3 Å². The predicted octanol–water partition coefficient (Wildman–Crippen LogP) is 3.03. The zero-order chi connectivity index (χ0) is 11.3. The van der Waals surface area contributed by atoms with Gasteiger partial charge in [-0.05, 0) is 30.5 Å². The lowest BCUT2D eigenvalue weighted by molar-refractivity contribution is 0.0487. The Bertz CT molecular complexity index is 334. The highest BCUT2D eigenvalue weighted by Crippen LogP contribution is 2.06. The van der Waals surface area contributed by atoms with Gasteiger partial charge in [-0.25, -0.2) is 9.18 Å². The number of carbonyl (C=O) groups excluding carboxylic acids is 1. The first kappa shape index (κ1) is 11.7. The molecule has 0 bridgehead atoms. The van der Waals surface area contributed by atoms with Crippen molar-refractivity contribution in [3.8, 4) is 0 Å². The zero-order valence-corrected chi connectivity index (χ0v) is 9.00. The number of rotatable bonds is 4. The largest absolute Gasteiger partial charge is 0.462 e. The number of hydrogen-bond donors (Lipinski definition) is 0. The Morgan fingerprint density at radius 2 is 2.20 bits per heavy atom. The Morgan fingerprint density at radius 3 is 2.80 bits per heavy atom. The highest BCUT2D eigenvalue weighted by molar-refractivity contribution is 5.89. The molecule has 0 radical (unpaired) electrons. The van der Waals surface area contributed by atoms with Crippen LogP contribution in [0, 0.1) is 11.7 Å². The van der Waals surface area contributed by atoms with Crippen LogP contribution in [0.1, 0.15) is 30.6 Å². The molecule has 0 aliphatic heterocycles. The Labute approximate surface area is 89.1 Å². The predicted molar refractivity (Wildman–Crippen MR) is 56.1 cm³/mol. The van der Waals surface area contributed by atoms with Gasteiger partial charge in [0.1, 0.15) is 5.82 Å². The topological polar surface area (TPSA) is 26.3 Å². The lowest BCUT2D eigenvalue weighted by Gasteiger charge is -2.06. The second-order valence-corrected chi connectivity index (χ2v) is 3.83. The normalized spacial score (nSPS) is 10.4. The summed E-state index contributed by atoms with van der Waals surface area (Å²) in [6.45, 7) is 4.49. The van der Waals surface area contributed by atoms with E-state index in [-0.39, 0.29) is 5.56 Å². The van der Waals surface area contributed by atoms with Crippen molar-refractivity contribution in [3.63, 3.8) is 0 Å². The molecule has 0 aliphatic carbocycles. The second-order valence-electron chi connectivity index (χ2n) is 3.83. The first-order valence-corrected chi connectivity index (χ1v) is 5.02. The van der Waals surface area contributed by atoms with Gasteiger partial charge in [0.15, 0.2) is 0 Å². The van der Waals surface area contributed by atoms with Crippen molar-refractivity contribution in [3.05, 3.63) is 35.6 Å². The van der Waals surface area contributed by atoms with E-state index in [1.807, 2.05) is 0 Å². The van der Waals surface area contributed by atoms with E-state index < -0.39 is 11.8 Å². The van der Waals surface area contributed by atoms with E-state index in [1.54, 1.807) is 6.07 Å². The van der Waals surface area contributed by atoms with Gasteiger partial charge in [0.05, 0.1) is 12.2 Å². The SMILES string of the molecule is CC(C)CCOC(=O)c1cccc(F)c1. The Morgan fingerprint density at radius 1 is 1.47 bits per heavy atom. The van der Waals surface area contributed by atoms with Crippen molar-refractivity contribution in [2.24, 2.45) is 5.92 Å². The van der Waals surface area contributed by atoms with E-state index in [1.165, 1.54) is 18.2 Å². The number of hydrogen-bond acceptors (Lipinski definition) is 2. The Balaban J connectivity index is 2.47. The van der Waals surface area contributed by atoms with Gasteiger partial charge in [-0.2, -0.15) is 0 Å². The fourth-order valence-corrected chi connectivity index (χ4v) is 1.09. The summed E-state index contributed by atoms with van der Waals surface area (Å²) in [6.07, 6.45) is 0.820. The summed E-state index contributed by atoms with van der Waals surface area (Å²) in [6, 6.07) is 5.51. The van der Waals surface area contributed by atoms with Gasteiger partial charge in [0.25, 0.3) is 0 Å². The Hall–Kier alpha value is -1.38. The van der Waals surface area contributed by atoms with Crippen LogP contribution in [0.3, 0.4) is 0 Å². The van der Waals surface area contributed by atoms with Crippen LogP contribution in [0.5, 0.6) is 0 Å².